The second-order valence-corrected chi connectivity index (χ2v) is 6.14. The Kier molecular flexibility index (Phi) is 2.86. The van der Waals surface area contributed by atoms with E-state index in [4.69, 9.17) is 0 Å². The Morgan fingerprint density at radius 1 is 1.06 bits per heavy atom. The third-order valence-corrected chi connectivity index (χ3v) is 5.26. The van der Waals surface area contributed by atoms with Crippen molar-refractivity contribution in [2.45, 2.75) is 56.8 Å². The van der Waals surface area contributed by atoms with Crippen molar-refractivity contribution < 1.29 is 0 Å². The minimum absolute atomic E-state index is 0.262. The summed E-state index contributed by atoms with van der Waals surface area (Å²) in [5, 5.41) is 9.65. The van der Waals surface area contributed by atoms with Crippen LogP contribution in [0.5, 0.6) is 0 Å². The number of rotatable bonds is 1. The summed E-state index contributed by atoms with van der Waals surface area (Å²) < 4.78 is 0. The molecule has 0 saturated heterocycles. The van der Waals surface area contributed by atoms with E-state index in [0.29, 0.717) is 5.41 Å². The molecule has 0 atom stereocenters. The molecule has 0 radical (unpaired) electrons. The molecule has 0 aromatic carbocycles. The van der Waals surface area contributed by atoms with Gasteiger partial charge in [-0.1, -0.05) is 18.9 Å². The molecule has 18 heavy (non-hydrogen) atoms. The Balaban J connectivity index is 1.82. The summed E-state index contributed by atoms with van der Waals surface area (Å²) in [6.45, 7) is 0. The summed E-state index contributed by atoms with van der Waals surface area (Å²) in [5.41, 5.74) is 1.45. The van der Waals surface area contributed by atoms with E-state index in [1.54, 1.807) is 6.20 Å². The van der Waals surface area contributed by atoms with E-state index in [1.807, 2.05) is 12.3 Å². The normalized spacial score (nSPS) is 24.8. The maximum absolute atomic E-state index is 9.65. The van der Waals surface area contributed by atoms with Crippen molar-refractivity contribution in [3.05, 3.63) is 30.1 Å². The van der Waals surface area contributed by atoms with Crippen molar-refractivity contribution in [1.82, 2.24) is 4.98 Å². The number of pyridine rings is 1. The van der Waals surface area contributed by atoms with Gasteiger partial charge in [0.1, 0.15) is 0 Å². The molecular weight excluding hydrogens is 220 g/mol. The fourth-order valence-corrected chi connectivity index (χ4v) is 3.94. The Hall–Kier alpha value is -1.36. The zero-order chi connectivity index (χ0) is 12.5. The first kappa shape index (κ1) is 11.7. The van der Waals surface area contributed by atoms with Crippen molar-refractivity contribution in [3.63, 3.8) is 0 Å². The third-order valence-electron chi connectivity index (χ3n) is 5.26. The molecule has 0 unspecified atom stereocenters. The van der Waals surface area contributed by atoms with Crippen molar-refractivity contribution in [1.29, 1.82) is 5.26 Å². The zero-order valence-corrected chi connectivity index (χ0v) is 10.9. The molecule has 0 amide bonds. The third kappa shape index (κ3) is 1.82. The Morgan fingerprint density at radius 2 is 1.78 bits per heavy atom. The van der Waals surface area contributed by atoms with Gasteiger partial charge in [-0.2, -0.15) is 5.26 Å². The lowest BCUT2D eigenvalue weighted by molar-refractivity contribution is 0.156. The molecule has 0 aliphatic heterocycles. The van der Waals surface area contributed by atoms with Crippen LogP contribution in [0.25, 0.3) is 0 Å². The molecule has 2 aliphatic carbocycles. The van der Waals surface area contributed by atoms with E-state index in [0.717, 1.165) is 18.4 Å². The van der Waals surface area contributed by atoms with E-state index in [1.165, 1.54) is 38.5 Å². The van der Waals surface area contributed by atoms with Gasteiger partial charge in [0, 0.05) is 12.4 Å². The highest BCUT2D eigenvalue weighted by Crippen LogP contribution is 2.54. The summed E-state index contributed by atoms with van der Waals surface area (Å²) in [6, 6.07) is 6.63. The lowest BCUT2D eigenvalue weighted by atomic mass is 9.61. The molecule has 2 nitrogen and oxygen atoms in total. The summed E-state index contributed by atoms with van der Waals surface area (Å²) in [7, 11) is 0. The van der Waals surface area contributed by atoms with Crippen molar-refractivity contribution in [2.24, 2.45) is 5.41 Å². The lowest BCUT2D eigenvalue weighted by Crippen LogP contribution is -2.35. The second-order valence-electron chi connectivity index (χ2n) is 6.14. The van der Waals surface area contributed by atoms with Gasteiger partial charge in [-0.15, -0.1) is 0 Å². The topological polar surface area (TPSA) is 36.7 Å². The first-order valence-electron chi connectivity index (χ1n) is 7.11. The minimum Gasteiger partial charge on any atom is -0.264 e. The van der Waals surface area contributed by atoms with Gasteiger partial charge < -0.3 is 0 Å². The van der Waals surface area contributed by atoms with Crippen LogP contribution in [0, 0.1) is 16.7 Å². The highest BCUT2D eigenvalue weighted by Gasteiger charge is 2.45. The number of nitriles is 1. The molecule has 1 aromatic heterocycles. The molecular formula is C16H20N2. The van der Waals surface area contributed by atoms with E-state index in [-0.39, 0.29) is 5.41 Å². The first-order valence-corrected chi connectivity index (χ1v) is 7.11. The maximum Gasteiger partial charge on any atom is 0.0837 e. The van der Waals surface area contributed by atoms with Gasteiger partial charge in [0.25, 0.3) is 0 Å². The Labute approximate surface area is 109 Å². The predicted octanol–water partition coefficient (Wildman–Crippen LogP) is 3.98. The van der Waals surface area contributed by atoms with Crippen LogP contribution < -0.4 is 0 Å². The predicted molar refractivity (Wildman–Crippen MR) is 70.9 cm³/mol. The molecule has 94 valence electrons. The average molecular weight is 240 g/mol. The monoisotopic (exact) mass is 240 g/mol. The van der Waals surface area contributed by atoms with E-state index in [9.17, 15) is 5.26 Å². The van der Waals surface area contributed by atoms with Crippen LogP contribution in [0.4, 0.5) is 0 Å². The number of nitrogens with zero attached hydrogens (tertiary/aromatic N) is 2. The van der Waals surface area contributed by atoms with Gasteiger partial charge in [-0.05, 0) is 55.6 Å². The fourth-order valence-electron chi connectivity index (χ4n) is 3.94. The van der Waals surface area contributed by atoms with E-state index in [2.05, 4.69) is 17.1 Å². The van der Waals surface area contributed by atoms with Crippen molar-refractivity contribution in [3.8, 4) is 6.07 Å². The molecule has 1 aromatic rings. The molecule has 0 N–H and O–H groups in total. The van der Waals surface area contributed by atoms with Crippen LogP contribution in [-0.2, 0) is 5.41 Å². The van der Waals surface area contributed by atoms with E-state index < -0.39 is 0 Å². The number of aromatic nitrogens is 1. The van der Waals surface area contributed by atoms with Gasteiger partial charge in [0.2, 0.25) is 0 Å². The fraction of sp³-hybridized carbons (Fsp3) is 0.625. The van der Waals surface area contributed by atoms with Gasteiger partial charge in [0.15, 0.2) is 0 Å². The molecule has 1 spiro atoms. The molecule has 1 heterocycles. The smallest absolute Gasteiger partial charge is 0.0837 e. The SMILES string of the molecule is N#CC1(c2cccnc2)CCC2(CCCC2)CC1. The van der Waals surface area contributed by atoms with Crippen LogP contribution in [-0.4, -0.2) is 4.98 Å². The van der Waals surface area contributed by atoms with Crippen molar-refractivity contribution in [2.75, 3.05) is 0 Å². The van der Waals surface area contributed by atoms with Crippen LogP contribution >= 0.6 is 0 Å². The molecule has 0 bridgehead atoms. The Bertz CT molecular complexity index is 442. The first-order chi connectivity index (χ1) is 8.79. The largest absolute Gasteiger partial charge is 0.264 e. The summed E-state index contributed by atoms with van der Waals surface area (Å²) in [4.78, 5) is 4.19. The highest BCUT2D eigenvalue weighted by atomic mass is 14.6. The second kappa shape index (κ2) is 4.39. The number of hydrogen-bond acceptors (Lipinski definition) is 2. The summed E-state index contributed by atoms with van der Waals surface area (Å²) >= 11 is 0. The minimum atomic E-state index is -0.262. The van der Waals surface area contributed by atoms with Crippen LogP contribution in [0.2, 0.25) is 0 Å². The zero-order valence-electron chi connectivity index (χ0n) is 10.9. The number of hydrogen-bond donors (Lipinski definition) is 0. The molecule has 2 saturated carbocycles. The molecule has 3 rings (SSSR count). The van der Waals surface area contributed by atoms with Crippen LogP contribution in [0.15, 0.2) is 24.5 Å². The molecule has 2 fully saturated rings. The van der Waals surface area contributed by atoms with Gasteiger partial charge in [0.05, 0.1) is 11.5 Å². The van der Waals surface area contributed by atoms with Crippen LogP contribution in [0.3, 0.4) is 0 Å². The highest BCUT2D eigenvalue weighted by molar-refractivity contribution is 5.31. The maximum atomic E-state index is 9.65. The summed E-state index contributed by atoms with van der Waals surface area (Å²) in [6.07, 6.45) is 13.8. The quantitative estimate of drug-likeness (QED) is 0.744. The standard InChI is InChI=1S/C16H20N2/c17-13-16(14-4-3-11-18-12-14)9-7-15(8-10-16)5-1-2-6-15/h3-4,11-12H,1-2,5-10H2. The average Bonchev–Trinajstić information content (AvgIpc) is 2.90. The molecule has 2 heteroatoms. The van der Waals surface area contributed by atoms with Gasteiger partial charge in [-0.3, -0.25) is 4.98 Å². The van der Waals surface area contributed by atoms with Gasteiger partial charge in [-0.25, -0.2) is 0 Å². The van der Waals surface area contributed by atoms with E-state index >= 15 is 0 Å². The summed E-state index contributed by atoms with van der Waals surface area (Å²) in [5.74, 6) is 0. The lowest BCUT2D eigenvalue weighted by Gasteiger charge is -2.41. The Morgan fingerprint density at radius 3 is 2.33 bits per heavy atom. The molecule has 2 aliphatic rings. The van der Waals surface area contributed by atoms with Gasteiger partial charge >= 0.3 is 0 Å². The van der Waals surface area contributed by atoms with Crippen LogP contribution in [0.1, 0.15) is 56.9 Å². The van der Waals surface area contributed by atoms with Crippen molar-refractivity contribution >= 4 is 0 Å².